The second-order valence-corrected chi connectivity index (χ2v) is 5.21. The summed E-state index contributed by atoms with van der Waals surface area (Å²) < 4.78 is 0. The summed E-state index contributed by atoms with van der Waals surface area (Å²) in [5.74, 6) is 0. The molecule has 2 aromatic carbocycles. The van der Waals surface area contributed by atoms with E-state index in [0.717, 1.165) is 24.0 Å². The Bertz CT molecular complexity index is 801. The summed E-state index contributed by atoms with van der Waals surface area (Å²) >= 11 is 0. The van der Waals surface area contributed by atoms with Crippen LogP contribution in [0.5, 0.6) is 0 Å². The van der Waals surface area contributed by atoms with Crippen LogP contribution >= 0.6 is 17.0 Å². The molecular formula is C17H18BrN3O2. The molecular weight excluding hydrogens is 358 g/mol. The van der Waals surface area contributed by atoms with Crippen LogP contribution in [-0.2, 0) is 13.0 Å². The predicted octanol–water partition coefficient (Wildman–Crippen LogP) is 3.99. The summed E-state index contributed by atoms with van der Waals surface area (Å²) in [6, 6.07) is 15.0. The molecule has 0 aliphatic rings. The Kier molecular flexibility index (Phi) is 5.90. The Morgan fingerprint density at radius 3 is 2.78 bits per heavy atom. The van der Waals surface area contributed by atoms with Crippen LogP contribution in [0.3, 0.4) is 0 Å². The van der Waals surface area contributed by atoms with Gasteiger partial charge in [-0.05, 0) is 30.2 Å². The van der Waals surface area contributed by atoms with Crippen molar-refractivity contribution >= 4 is 33.6 Å². The van der Waals surface area contributed by atoms with E-state index in [-0.39, 0.29) is 27.6 Å². The maximum Gasteiger partial charge on any atom is 0.269 e. The number of benzene rings is 2. The molecule has 3 rings (SSSR count). The molecule has 0 fully saturated rings. The fourth-order valence-electron chi connectivity index (χ4n) is 2.57. The fraction of sp³-hybridized carbons (Fsp3) is 0.176. The fourth-order valence-corrected chi connectivity index (χ4v) is 2.57. The molecule has 1 aromatic heterocycles. The van der Waals surface area contributed by atoms with E-state index in [2.05, 4.69) is 22.4 Å². The number of H-pyrrole nitrogens is 1. The van der Waals surface area contributed by atoms with Gasteiger partial charge in [0.05, 0.1) is 4.92 Å². The minimum atomic E-state index is -0.366. The topological polar surface area (TPSA) is 71.0 Å². The number of para-hydroxylation sites is 1. The lowest BCUT2D eigenvalue weighted by Crippen LogP contribution is -2.16. The molecule has 0 saturated heterocycles. The van der Waals surface area contributed by atoms with Crippen LogP contribution in [0, 0.1) is 10.1 Å². The van der Waals surface area contributed by atoms with E-state index in [1.165, 1.54) is 17.0 Å². The van der Waals surface area contributed by atoms with Crippen LogP contribution in [0.15, 0.2) is 54.7 Å². The van der Waals surface area contributed by atoms with Crippen LogP contribution in [0.2, 0.25) is 0 Å². The minimum absolute atomic E-state index is 0. The van der Waals surface area contributed by atoms with Gasteiger partial charge in [0, 0.05) is 35.8 Å². The molecule has 23 heavy (non-hydrogen) atoms. The highest BCUT2D eigenvalue weighted by atomic mass is 79.9. The zero-order chi connectivity index (χ0) is 15.4. The third-order valence-corrected chi connectivity index (χ3v) is 3.70. The highest BCUT2D eigenvalue weighted by molar-refractivity contribution is 8.93. The highest BCUT2D eigenvalue weighted by Gasteiger charge is 2.05. The normalized spacial score (nSPS) is 10.4. The Morgan fingerprint density at radius 2 is 1.96 bits per heavy atom. The van der Waals surface area contributed by atoms with Crippen LogP contribution in [0.25, 0.3) is 10.9 Å². The van der Waals surface area contributed by atoms with Gasteiger partial charge in [0.25, 0.3) is 5.69 Å². The van der Waals surface area contributed by atoms with Crippen molar-refractivity contribution in [3.05, 3.63) is 76.0 Å². The van der Waals surface area contributed by atoms with E-state index in [1.807, 2.05) is 24.4 Å². The number of nitrogens with zero attached hydrogens (tertiary/aromatic N) is 1. The van der Waals surface area contributed by atoms with Gasteiger partial charge < -0.3 is 10.3 Å². The van der Waals surface area contributed by atoms with E-state index in [1.54, 1.807) is 12.1 Å². The van der Waals surface area contributed by atoms with Gasteiger partial charge in [0.15, 0.2) is 0 Å². The maximum absolute atomic E-state index is 10.7. The molecule has 0 atom stereocenters. The van der Waals surface area contributed by atoms with Crippen molar-refractivity contribution in [1.82, 2.24) is 10.3 Å². The molecule has 0 unspecified atom stereocenters. The van der Waals surface area contributed by atoms with Crippen molar-refractivity contribution < 1.29 is 4.92 Å². The summed E-state index contributed by atoms with van der Waals surface area (Å²) in [4.78, 5) is 13.6. The first-order valence-corrected chi connectivity index (χ1v) is 7.23. The van der Waals surface area contributed by atoms with Gasteiger partial charge in [0.2, 0.25) is 0 Å². The lowest BCUT2D eigenvalue weighted by Gasteiger charge is -2.04. The van der Waals surface area contributed by atoms with Crippen LogP contribution in [-0.4, -0.2) is 16.5 Å². The van der Waals surface area contributed by atoms with Crippen molar-refractivity contribution in [1.29, 1.82) is 0 Å². The molecule has 0 spiro atoms. The average Bonchev–Trinajstić information content (AvgIpc) is 2.95. The first-order chi connectivity index (χ1) is 10.7. The Balaban J connectivity index is 0.00000192. The number of hydrogen-bond donors (Lipinski definition) is 2. The molecule has 6 heteroatoms. The van der Waals surface area contributed by atoms with Gasteiger partial charge in [-0.3, -0.25) is 10.1 Å². The standard InChI is InChI=1S/C17H17N3O2.BrH/c21-20(22)15-5-3-4-13(10-15)11-18-9-8-14-12-19-17-7-2-1-6-16(14)17;/h1-7,10,12,18-19H,8-9,11H2;1H. The lowest BCUT2D eigenvalue weighted by molar-refractivity contribution is -0.384. The monoisotopic (exact) mass is 375 g/mol. The molecule has 3 aromatic rings. The van der Waals surface area contributed by atoms with Crippen molar-refractivity contribution in [2.24, 2.45) is 0 Å². The van der Waals surface area contributed by atoms with E-state index in [9.17, 15) is 10.1 Å². The van der Waals surface area contributed by atoms with Crippen molar-refractivity contribution in [2.75, 3.05) is 6.54 Å². The smallest absolute Gasteiger partial charge is 0.269 e. The van der Waals surface area contributed by atoms with Gasteiger partial charge in [-0.25, -0.2) is 0 Å². The first kappa shape index (κ1) is 17.2. The predicted molar refractivity (Wildman–Crippen MR) is 97.1 cm³/mol. The Morgan fingerprint density at radius 1 is 1.13 bits per heavy atom. The third kappa shape index (κ3) is 4.18. The largest absolute Gasteiger partial charge is 0.361 e. The average molecular weight is 376 g/mol. The summed E-state index contributed by atoms with van der Waals surface area (Å²) in [7, 11) is 0. The summed E-state index contributed by atoms with van der Waals surface area (Å²) in [6.07, 6.45) is 2.96. The number of aromatic nitrogens is 1. The number of nitro benzene ring substituents is 1. The molecule has 0 saturated carbocycles. The van der Waals surface area contributed by atoms with Crippen LogP contribution in [0.1, 0.15) is 11.1 Å². The van der Waals surface area contributed by atoms with E-state index in [4.69, 9.17) is 0 Å². The molecule has 5 nitrogen and oxygen atoms in total. The summed E-state index contributed by atoms with van der Waals surface area (Å²) in [6.45, 7) is 1.45. The lowest BCUT2D eigenvalue weighted by atomic mass is 10.1. The van der Waals surface area contributed by atoms with Crippen molar-refractivity contribution in [3.63, 3.8) is 0 Å². The molecule has 1 heterocycles. The highest BCUT2D eigenvalue weighted by Crippen LogP contribution is 2.18. The SMILES string of the molecule is Br.O=[N+]([O-])c1cccc(CNCCc2c[nH]c3ccccc23)c1. The van der Waals surface area contributed by atoms with Crippen molar-refractivity contribution in [2.45, 2.75) is 13.0 Å². The van der Waals surface area contributed by atoms with E-state index in [0.29, 0.717) is 6.54 Å². The second-order valence-electron chi connectivity index (χ2n) is 5.21. The third-order valence-electron chi connectivity index (χ3n) is 3.70. The van der Waals surface area contributed by atoms with Gasteiger partial charge in [0.1, 0.15) is 0 Å². The Labute approximate surface area is 144 Å². The van der Waals surface area contributed by atoms with Gasteiger partial charge in [-0.15, -0.1) is 17.0 Å². The van der Waals surface area contributed by atoms with Gasteiger partial charge >= 0.3 is 0 Å². The molecule has 0 bridgehead atoms. The van der Waals surface area contributed by atoms with Crippen molar-refractivity contribution in [3.8, 4) is 0 Å². The number of halogens is 1. The maximum atomic E-state index is 10.7. The van der Waals surface area contributed by atoms with Crippen LogP contribution < -0.4 is 5.32 Å². The molecule has 0 aliphatic carbocycles. The molecule has 0 amide bonds. The van der Waals surface area contributed by atoms with Gasteiger partial charge in [-0.1, -0.05) is 30.3 Å². The number of rotatable bonds is 6. The van der Waals surface area contributed by atoms with E-state index < -0.39 is 0 Å². The number of nitro groups is 1. The zero-order valence-electron chi connectivity index (χ0n) is 12.5. The number of fused-ring (bicyclic) bond motifs is 1. The van der Waals surface area contributed by atoms with E-state index >= 15 is 0 Å². The summed E-state index contributed by atoms with van der Waals surface area (Å²) in [5.41, 5.74) is 3.49. The zero-order valence-corrected chi connectivity index (χ0v) is 14.2. The van der Waals surface area contributed by atoms with Gasteiger partial charge in [-0.2, -0.15) is 0 Å². The molecule has 2 N–H and O–H groups in total. The second kappa shape index (κ2) is 7.89. The molecule has 0 aliphatic heterocycles. The number of nitrogens with one attached hydrogen (secondary N) is 2. The quantitative estimate of drug-likeness (QED) is 0.388. The molecule has 120 valence electrons. The number of hydrogen-bond acceptors (Lipinski definition) is 3. The minimum Gasteiger partial charge on any atom is -0.361 e. The summed E-state index contributed by atoms with van der Waals surface area (Å²) in [5, 5.41) is 15.3. The number of non-ortho nitro benzene ring substituents is 1. The Hall–Kier alpha value is -2.18. The van der Waals surface area contributed by atoms with Crippen LogP contribution in [0.4, 0.5) is 5.69 Å². The first-order valence-electron chi connectivity index (χ1n) is 7.23. The number of aromatic amines is 1. The molecule has 0 radical (unpaired) electrons.